The molecule has 46 heavy (non-hydrogen) atoms. The Balaban J connectivity index is -0.000000607. The van der Waals surface area contributed by atoms with Crippen LogP contribution in [0.2, 0.25) is 90.4 Å². The molecule has 0 aromatic heterocycles. The third-order valence-electron chi connectivity index (χ3n) is 11.0. The first kappa shape index (κ1) is 51.6. The maximum atomic E-state index is 10.3. The van der Waals surface area contributed by atoms with E-state index in [1.807, 2.05) is 26.9 Å². The van der Waals surface area contributed by atoms with Crippen molar-refractivity contribution in [1.29, 1.82) is 0 Å². The Labute approximate surface area is 305 Å². The van der Waals surface area contributed by atoms with E-state index < -0.39 is 50.6 Å². The van der Waals surface area contributed by atoms with Gasteiger partial charge in [0, 0.05) is 11.8 Å². The first-order chi connectivity index (χ1) is 20.4. The summed E-state index contributed by atoms with van der Waals surface area (Å²) in [7, 11) is -10.2. The molecule has 1 rings (SSSR count). The number of rotatable bonds is 16. The maximum Gasteiger partial charge on any atom is 0.300 e. The summed E-state index contributed by atoms with van der Waals surface area (Å²) in [5.41, 5.74) is 3.64. The number of halogens is 2. The summed E-state index contributed by atoms with van der Waals surface area (Å²) >= 11 is 11.6. The number of hydrogen-bond donors (Lipinski definition) is 2. The van der Waals surface area contributed by atoms with Crippen LogP contribution in [0.5, 0.6) is 0 Å². The van der Waals surface area contributed by atoms with E-state index in [-0.39, 0.29) is 12.6 Å². The highest BCUT2D eigenvalue weighted by Gasteiger charge is 2.55. The van der Waals surface area contributed by atoms with Crippen molar-refractivity contribution in [1.82, 2.24) is 0 Å². The third-order valence-corrected chi connectivity index (χ3v) is 45.0. The molecule has 7 unspecified atom stereocenters. The lowest BCUT2D eigenvalue weighted by molar-refractivity contribution is 0.364. The number of hydrogen-bond acceptors (Lipinski definition) is 4. The van der Waals surface area contributed by atoms with E-state index in [4.69, 9.17) is 31.4 Å². The van der Waals surface area contributed by atoms with Crippen LogP contribution >= 0.6 is 23.2 Å². The Hall–Kier alpha value is 1.20. The van der Waals surface area contributed by atoms with Gasteiger partial charge in [-0.3, -0.25) is 0 Å². The molecule has 0 amide bonds. The molecule has 1 saturated heterocycles. The van der Waals surface area contributed by atoms with E-state index in [0.29, 0.717) is 16.2 Å². The van der Waals surface area contributed by atoms with Crippen molar-refractivity contribution in [3.63, 3.8) is 0 Å². The lowest BCUT2D eigenvalue weighted by Crippen LogP contribution is -2.64. The van der Waals surface area contributed by atoms with Crippen molar-refractivity contribution < 1.29 is 17.8 Å². The van der Waals surface area contributed by atoms with E-state index >= 15 is 0 Å². The Bertz CT molecular complexity index is 861. The summed E-state index contributed by atoms with van der Waals surface area (Å²) < 4.78 is 13.1. The van der Waals surface area contributed by atoms with Crippen LogP contribution in [0.4, 0.5) is 0 Å². The van der Waals surface area contributed by atoms with Crippen molar-refractivity contribution >= 4 is 73.8 Å². The standard InChI is InChI=1S/C12H29ClO2Si3.C12H23ClSi.C9H24O2Si2.CH4/c1-7-17(5)12(4)18(6,11(2)3)15-16(14-17)10-8-9-13;1-11(2)9-14(5,8-6-7-13)10-12(3)4;1-7-12(5,10)9(4)13(6,11)8(2)3;/h11-12,16H,7-10H2,1-6H3;1,3,6-10H2,2,4-5H3;8-11H,7H2,1-6H3;1H4. The zero-order chi connectivity index (χ0) is 36.0. The molecule has 0 saturated carbocycles. The zero-order valence-electron chi connectivity index (χ0n) is 32.3. The predicted molar refractivity (Wildman–Crippen MR) is 228 cm³/mol. The molecule has 7 atom stereocenters. The SMILES string of the molecule is C.C=C(C)C[Si](C)(CCCCl)CC(=C)C.CC[Si](C)(O)C(C)[Si](C)(O)C(C)C.CC[Si]1(C)O[SiH](CCCCl)O[Si](C)(C(C)C)C1C. The highest BCUT2D eigenvalue weighted by molar-refractivity contribution is 6.99. The van der Waals surface area contributed by atoms with Gasteiger partial charge in [0.05, 0.1) is 8.07 Å². The second kappa shape index (κ2) is 22.9. The quantitative estimate of drug-likeness (QED) is 0.0928. The van der Waals surface area contributed by atoms with E-state index in [2.05, 4.69) is 88.2 Å². The summed E-state index contributed by atoms with van der Waals surface area (Å²) in [4.78, 5) is 20.5. The average molecular weight is 792 g/mol. The van der Waals surface area contributed by atoms with Crippen molar-refractivity contribution in [3.8, 4) is 0 Å². The fraction of sp³-hybridized carbons (Fsp3) is 0.882. The van der Waals surface area contributed by atoms with Gasteiger partial charge in [0.1, 0.15) is 0 Å². The van der Waals surface area contributed by atoms with Gasteiger partial charge in [-0.25, -0.2) is 0 Å². The van der Waals surface area contributed by atoms with Crippen LogP contribution in [-0.4, -0.2) is 72.0 Å². The minimum absolute atomic E-state index is 0. The molecule has 4 nitrogen and oxygen atoms in total. The van der Waals surface area contributed by atoms with Gasteiger partial charge >= 0.3 is 9.28 Å². The van der Waals surface area contributed by atoms with Gasteiger partial charge in [-0.05, 0) is 105 Å². The van der Waals surface area contributed by atoms with Crippen LogP contribution in [-0.2, 0) is 8.23 Å². The van der Waals surface area contributed by atoms with E-state index in [0.717, 1.165) is 36.7 Å². The highest BCUT2D eigenvalue weighted by atomic mass is 35.5. The molecule has 0 spiro atoms. The second-order valence-corrected chi connectivity index (χ2v) is 43.3. The fourth-order valence-corrected chi connectivity index (χ4v) is 39.3. The highest BCUT2D eigenvalue weighted by Crippen LogP contribution is 2.46. The Morgan fingerprint density at radius 1 is 0.891 bits per heavy atom. The monoisotopic (exact) mass is 790 g/mol. The molecule has 278 valence electrons. The van der Waals surface area contributed by atoms with E-state index in [1.54, 1.807) is 0 Å². The Kier molecular flexibility index (Phi) is 25.7. The van der Waals surface area contributed by atoms with Crippen molar-refractivity contribution in [2.24, 2.45) is 0 Å². The second-order valence-electron chi connectivity index (χ2n) is 15.9. The van der Waals surface area contributed by atoms with Crippen molar-refractivity contribution in [2.75, 3.05) is 11.8 Å². The lowest BCUT2D eigenvalue weighted by Gasteiger charge is -2.52. The normalized spacial score (nSPS) is 26.4. The first-order valence-corrected chi connectivity index (χ1v) is 34.1. The van der Waals surface area contributed by atoms with Crippen LogP contribution in [0, 0.1) is 0 Å². The van der Waals surface area contributed by atoms with Gasteiger partial charge in [-0.15, -0.1) is 36.4 Å². The number of alkyl halides is 2. The van der Waals surface area contributed by atoms with Crippen molar-refractivity contribution in [2.45, 2.75) is 180 Å². The smallest absolute Gasteiger partial charge is 0.300 e. The van der Waals surface area contributed by atoms with Crippen molar-refractivity contribution in [3.05, 3.63) is 24.3 Å². The van der Waals surface area contributed by atoms with E-state index in [9.17, 15) is 9.59 Å². The molecule has 0 aromatic carbocycles. The van der Waals surface area contributed by atoms with Crippen LogP contribution in [0.15, 0.2) is 24.3 Å². The maximum absolute atomic E-state index is 10.3. The molecule has 1 heterocycles. The van der Waals surface area contributed by atoms with E-state index in [1.165, 1.54) is 35.3 Å². The molecule has 0 aromatic rings. The average Bonchev–Trinajstić information content (AvgIpc) is 2.92. The molecule has 1 fully saturated rings. The fourth-order valence-electron chi connectivity index (χ4n) is 6.43. The lowest BCUT2D eigenvalue weighted by atomic mass is 10.4. The minimum Gasteiger partial charge on any atom is -0.438 e. The molecule has 12 heteroatoms. The first-order valence-electron chi connectivity index (χ1n) is 17.6. The minimum atomic E-state index is -2.23. The summed E-state index contributed by atoms with van der Waals surface area (Å²) in [6, 6.07) is 6.89. The summed E-state index contributed by atoms with van der Waals surface area (Å²) in [6.45, 7) is 41.1. The molecule has 0 radical (unpaired) electrons. The van der Waals surface area contributed by atoms with Gasteiger partial charge in [-0.2, -0.15) is 0 Å². The zero-order valence-corrected chi connectivity index (χ0v) is 40.0. The Morgan fingerprint density at radius 3 is 1.67 bits per heavy atom. The van der Waals surface area contributed by atoms with Gasteiger partial charge in [0.2, 0.25) is 0 Å². The molecule has 0 aliphatic carbocycles. The Morgan fingerprint density at radius 2 is 1.35 bits per heavy atom. The molecule has 1 aliphatic rings. The van der Waals surface area contributed by atoms with Crippen LogP contribution in [0.3, 0.4) is 0 Å². The molecule has 2 N–H and O–H groups in total. The van der Waals surface area contributed by atoms with Gasteiger partial charge in [0.15, 0.2) is 33.3 Å². The van der Waals surface area contributed by atoms with Crippen LogP contribution in [0.1, 0.15) is 89.5 Å². The summed E-state index contributed by atoms with van der Waals surface area (Å²) in [5, 5.41) is 0.847. The van der Waals surface area contributed by atoms with Gasteiger partial charge in [0.25, 0.3) is 0 Å². The largest absolute Gasteiger partial charge is 0.438 e. The summed E-state index contributed by atoms with van der Waals surface area (Å²) in [5.74, 6) is 1.52. The third kappa shape index (κ3) is 16.9. The number of allylic oxidation sites excluding steroid dienone is 2. The predicted octanol–water partition coefficient (Wildman–Crippen LogP) is 12.4. The molecule has 1 aliphatic heterocycles. The molecular weight excluding hydrogens is 712 g/mol. The molecule has 0 bridgehead atoms. The summed E-state index contributed by atoms with van der Waals surface area (Å²) in [6.07, 6.45) is 2.19. The topological polar surface area (TPSA) is 58.9 Å². The van der Waals surface area contributed by atoms with Gasteiger partial charge < -0.3 is 17.8 Å². The molecular formula is C34H80Cl2O4Si6. The van der Waals surface area contributed by atoms with Crippen LogP contribution in [0.25, 0.3) is 0 Å². The van der Waals surface area contributed by atoms with Gasteiger partial charge in [-0.1, -0.05) is 86.6 Å². The van der Waals surface area contributed by atoms with Crippen LogP contribution < -0.4 is 0 Å².